The van der Waals surface area contributed by atoms with Crippen LogP contribution in [-0.2, 0) is 0 Å². The van der Waals surface area contributed by atoms with Gasteiger partial charge in [-0.05, 0) is 25.3 Å². The molecule has 0 fully saturated rings. The number of oxime groups is 1. The molecule has 17 heavy (non-hydrogen) atoms. The smallest absolute Gasteiger partial charge is 0.190 e. The molecular weight excluding hydrogens is 236 g/mol. The zero-order chi connectivity index (χ0) is 12.8. The van der Waals surface area contributed by atoms with Crippen molar-refractivity contribution >= 4 is 23.3 Å². The van der Waals surface area contributed by atoms with Gasteiger partial charge in [0.1, 0.15) is 5.69 Å². The fourth-order valence-electron chi connectivity index (χ4n) is 1.52. The van der Waals surface area contributed by atoms with Crippen molar-refractivity contribution in [3.8, 4) is 0 Å². The molecule has 1 unspecified atom stereocenters. The van der Waals surface area contributed by atoms with E-state index in [0.717, 1.165) is 11.4 Å². The van der Waals surface area contributed by atoms with E-state index in [1.165, 1.54) is 0 Å². The lowest BCUT2D eigenvalue weighted by Crippen LogP contribution is -2.33. The van der Waals surface area contributed by atoms with Gasteiger partial charge in [-0.2, -0.15) is 11.8 Å². The molecule has 0 aliphatic heterocycles. The second-order valence-electron chi connectivity index (χ2n) is 3.77. The molecule has 0 saturated heterocycles. The van der Waals surface area contributed by atoms with Gasteiger partial charge in [-0.1, -0.05) is 5.16 Å². The fourth-order valence-corrected chi connectivity index (χ4v) is 2.22. The van der Waals surface area contributed by atoms with E-state index in [-0.39, 0.29) is 5.84 Å². The van der Waals surface area contributed by atoms with E-state index < -0.39 is 0 Å². The monoisotopic (exact) mass is 254 g/mol. The van der Waals surface area contributed by atoms with Gasteiger partial charge in [-0.3, -0.25) is 4.98 Å². The topological polar surface area (TPSA) is 74.7 Å². The van der Waals surface area contributed by atoms with E-state index in [0.29, 0.717) is 11.7 Å². The third-order valence-corrected chi connectivity index (χ3v) is 3.40. The molecule has 0 saturated carbocycles. The minimum Gasteiger partial charge on any atom is -0.409 e. The molecule has 0 radical (unpaired) electrons. The molecule has 0 aliphatic carbocycles. The standard InChI is InChI=1S/C11H18N4OS/c1-8(7-17-3)15(2)9-5-4-6-13-10(9)11(12)14-16/h4-6,8,16H,7H2,1-3H3,(H2,12,14). The average Bonchev–Trinajstić information content (AvgIpc) is 2.37. The largest absolute Gasteiger partial charge is 0.409 e. The van der Waals surface area contributed by atoms with Gasteiger partial charge < -0.3 is 15.8 Å². The molecule has 1 heterocycles. The molecule has 0 aromatic carbocycles. The Kier molecular flexibility index (Phi) is 5.09. The van der Waals surface area contributed by atoms with Gasteiger partial charge in [0.2, 0.25) is 0 Å². The number of anilines is 1. The molecule has 94 valence electrons. The lowest BCUT2D eigenvalue weighted by atomic mass is 10.2. The maximum atomic E-state index is 8.74. The van der Waals surface area contributed by atoms with Crippen molar-refractivity contribution in [3.63, 3.8) is 0 Å². The summed E-state index contributed by atoms with van der Waals surface area (Å²) in [6.07, 6.45) is 3.70. The van der Waals surface area contributed by atoms with Crippen LogP contribution in [-0.4, -0.2) is 41.1 Å². The molecule has 3 N–H and O–H groups in total. The normalized spacial score (nSPS) is 13.5. The Hall–Kier alpha value is -1.43. The van der Waals surface area contributed by atoms with Crippen LogP contribution in [0.15, 0.2) is 23.5 Å². The molecule has 1 rings (SSSR count). The highest BCUT2D eigenvalue weighted by Gasteiger charge is 2.16. The van der Waals surface area contributed by atoms with Crippen LogP contribution in [0.1, 0.15) is 12.6 Å². The summed E-state index contributed by atoms with van der Waals surface area (Å²) in [7, 11) is 1.98. The van der Waals surface area contributed by atoms with Crippen molar-refractivity contribution in [1.82, 2.24) is 4.98 Å². The Bertz CT molecular complexity index is 397. The Balaban J connectivity index is 3.04. The van der Waals surface area contributed by atoms with Crippen LogP contribution in [0.3, 0.4) is 0 Å². The van der Waals surface area contributed by atoms with E-state index in [9.17, 15) is 0 Å². The molecule has 1 atom stereocenters. The molecule has 1 aromatic heterocycles. The maximum Gasteiger partial charge on any atom is 0.190 e. The van der Waals surface area contributed by atoms with E-state index in [1.54, 1.807) is 18.0 Å². The highest BCUT2D eigenvalue weighted by molar-refractivity contribution is 7.98. The highest BCUT2D eigenvalue weighted by atomic mass is 32.2. The first-order chi connectivity index (χ1) is 8.11. The van der Waals surface area contributed by atoms with E-state index in [2.05, 4.69) is 28.2 Å². The molecule has 5 nitrogen and oxygen atoms in total. The van der Waals surface area contributed by atoms with Crippen molar-refractivity contribution in [2.75, 3.05) is 24.0 Å². The van der Waals surface area contributed by atoms with Gasteiger partial charge in [0, 0.05) is 25.0 Å². The first-order valence-electron chi connectivity index (χ1n) is 5.26. The summed E-state index contributed by atoms with van der Waals surface area (Å²) in [5.74, 6) is 1.03. The minimum absolute atomic E-state index is 0.0313. The van der Waals surface area contributed by atoms with Crippen molar-refractivity contribution in [1.29, 1.82) is 0 Å². The van der Waals surface area contributed by atoms with Crippen molar-refractivity contribution in [2.45, 2.75) is 13.0 Å². The van der Waals surface area contributed by atoms with E-state index in [1.807, 2.05) is 19.2 Å². The minimum atomic E-state index is 0.0313. The van der Waals surface area contributed by atoms with Crippen LogP contribution in [0.25, 0.3) is 0 Å². The molecule has 1 aromatic rings. The lowest BCUT2D eigenvalue weighted by molar-refractivity contribution is 0.318. The molecule has 0 bridgehead atoms. The molecule has 0 aliphatic rings. The van der Waals surface area contributed by atoms with Gasteiger partial charge >= 0.3 is 0 Å². The first kappa shape index (κ1) is 13.6. The van der Waals surface area contributed by atoms with Gasteiger partial charge in [0.05, 0.1) is 5.69 Å². The molecular formula is C11H18N4OS. The third kappa shape index (κ3) is 3.26. The Morgan fingerprint density at radius 2 is 2.41 bits per heavy atom. The lowest BCUT2D eigenvalue weighted by Gasteiger charge is -2.27. The quantitative estimate of drug-likeness (QED) is 0.359. The predicted molar refractivity (Wildman–Crippen MR) is 73.0 cm³/mol. The zero-order valence-electron chi connectivity index (χ0n) is 10.3. The number of rotatable bonds is 5. The summed E-state index contributed by atoms with van der Waals surface area (Å²) in [6, 6.07) is 4.10. The van der Waals surface area contributed by atoms with Crippen molar-refractivity contribution in [2.24, 2.45) is 10.9 Å². The van der Waals surface area contributed by atoms with Crippen LogP contribution in [0.4, 0.5) is 5.69 Å². The van der Waals surface area contributed by atoms with E-state index in [4.69, 9.17) is 10.9 Å². The predicted octanol–water partition coefficient (Wildman–Crippen LogP) is 1.36. The van der Waals surface area contributed by atoms with Crippen molar-refractivity contribution in [3.05, 3.63) is 24.0 Å². The summed E-state index contributed by atoms with van der Waals surface area (Å²) in [6.45, 7) is 2.12. The van der Waals surface area contributed by atoms with Crippen molar-refractivity contribution < 1.29 is 5.21 Å². The Labute approximate surface area is 106 Å². The number of nitrogens with two attached hydrogens (primary N) is 1. The van der Waals surface area contributed by atoms with Gasteiger partial charge in [0.25, 0.3) is 0 Å². The van der Waals surface area contributed by atoms with Gasteiger partial charge in [-0.15, -0.1) is 0 Å². The second-order valence-corrected chi connectivity index (χ2v) is 4.68. The van der Waals surface area contributed by atoms with Crippen LogP contribution in [0.2, 0.25) is 0 Å². The van der Waals surface area contributed by atoms with Crippen LogP contribution < -0.4 is 10.6 Å². The third-order valence-electron chi connectivity index (χ3n) is 2.59. The summed E-state index contributed by atoms with van der Waals surface area (Å²) < 4.78 is 0. The second kappa shape index (κ2) is 6.34. The molecule has 6 heteroatoms. The van der Waals surface area contributed by atoms with Gasteiger partial charge in [-0.25, -0.2) is 0 Å². The van der Waals surface area contributed by atoms with E-state index >= 15 is 0 Å². The number of aromatic nitrogens is 1. The molecule has 0 spiro atoms. The highest BCUT2D eigenvalue weighted by Crippen LogP contribution is 2.20. The number of amidine groups is 1. The zero-order valence-corrected chi connectivity index (χ0v) is 11.1. The number of hydrogen-bond donors (Lipinski definition) is 2. The Morgan fingerprint density at radius 3 is 3.00 bits per heavy atom. The van der Waals surface area contributed by atoms with Crippen LogP contribution in [0.5, 0.6) is 0 Å². The number of hydrogen-bond acceptors (Lipinski definition) is 5. The SMILES string of the molecule is CSCC(C)N(C)c1cccnc1/C(N)=N/O. The summed E-state index contributed by atoms with van der Waals surface area (Å²) >= 11 is 1.78. The number of nitrogens with zero attached hydrogens (tertiary/aromatic N) is 3. The van der Waals surface area contributed by atoms with Gasteiger partial charge in [0.15, 0.2) is 5.84 Å². The van der Waals surface area contributed by atoms with Crippen LogP contribution >= 0.6 is 11.8 Å². The number of pyridine rings is 1. The number of thioether (sulfide) groups is 1. The fraction of sp³-hybridized carbons (Fsp3) is 0.455. The first-order valence-corrected chi connectivity index (χ1v) is 6.65. The summed E-state index contributed by atoms with van der Waals surface area (Å²) in [5.41, 5.74) is 6.98. The average molecular weight is 254 g/mol. The summed E-state index contributed by atoms with van der Waals surface area (Å²) in [5, 5.41) is 11.7. The molecule has 0 amide bonds. The maximum absolute atomic E-state index is 8.74. The summed E-state index contributed by atoms with van der Waals surface area (Å²) in [4.78, 5) is 6.23. The van der Waals surface area contributed by atoms with Crippen LogP contribution in [0, 0.1) is 0 Å². The Morgan fingerprint density at radius 1 is 1.71 bits per heavy atom.